The molecule has 3 nitrogen and oxygen atoms in total. The lowest BCUT2D eigenvalue weighted by atomic mass is 10.2. The van der Waals surface area contributed by atoms with Crippen molar-refractivity contribution in [1.82, 2.24) is 4.90 Å². The van der Waals surface area contributed by atoms with Gasteiger partial charge in [-0.1, -0.05) is 36.4 Å². The van der Waals surface area contributed by atoms with Crippen molar-refractivity contribution in [2.45, 2.75) is 19.4 Å². The molecular formula is C14H19NO2. The highest BCUT2D eigenvalue weighted by Crippen LogP contribution is 2.05. The maximum atomic E-state index is 10.8. The minimum Gasteiger partial charge on any atom is -0.480 e. The van der Waals surface area contributed by atoms with Gasteiger partial charge in [-0.05, 0) is 24.9 Å². The lowest BCUT2D eigenvalue weighted by Gasteiger charge is -2.19. The lowest BCUT2D eigenvalue weighted by molar-refractivity contribution is -0.138. The fourth-order valence-corrected chi connectivity index (χ4v) is 1.71. The first-order valence-electron chi connectivity index (χ1n) is 5.81. The summed E-state index contributed by atoms with van der Waals surface area (Å²) in [4.78, 5) is 12.7. The predicted octanol–water partition coefficient (Wildman–Crippen LogP) is 2.54. The topological polar surface area (TPSA) is 40.5 Å². The standard InChI is InChI=1S/C14H19NO2/c1-2-3-7-10-15(12-14(16)17)11-13-8-5-4-6-9-13/h2,4-6,8-9H,1,3,7,10-12H2,(H,16,17). The van der Waals surface area contributed by atoms with Gasteiger partial charge in [-0.3, -0.25) is 9.69 Å². The third-order valence-electron chi connectivity index (χ3n) is 2.49. The number of nitrogens with zero attached hydrogens (tertiary/aromatic N) is 1. The van der Waals surface area contributed by atoms with Crippen molar-refractivity contribution < 1.29 is 9.90 Å². The van der Waals surface area contributed by atoms with Crippen molar-refractivity contribution in [1.29, 1.82) is 0 Å². The van der Waals surface area contributed by atoms with Crippen LogP contribution in [-0.4, -0.2) is 29.1 Å². The third kappa shape index (κ3) is 5.88. The number of aliphatic carboxylic acids is 1. The average Bonchev–Trinajstić information content (AvgIpc) is 2.30. The van der Waals surface area contributed by atoms with Gasteiger partial charge in [-0.15, -0.1) is 6.58 Å². The van der Waals surface area contributed by atoms with E-state index in [9.17, 15) is 4.79 Å². The largest absolute Gasteiger partial charge is 0.480 e. The highest BCUT2D eigenvalue weighted by Gasteiger charge is 2.09. The van der Waals surface area contributed by atoms with Crippen molar-refractivity contribution in [2.75, 3.05) is 13.1 Å². The first-order chi connectivity index (χ1) is 8.22. The molecule has 0 aliphatic heterocycles. The summed E-state index contributed by atoms with van der Waals surface area (Å²) in [6, 6.07) is 9.93. The molecule has 0 aliphatic rings. The van der Waals surface area contributed by atoms with Crippen LogP contribution in [0, 0.1) is 0 Å². The van der Waals surface area contributed by atoms with Gasteiger partial charge in [0.2, 0.25) is 0 Å². The van der Waals surface area contributed by atoms with Gasteiger partial charge in [0.15, 0.2) is 0 Å². The van der Waals surface area contributed by atoms with Crippen molar-refractivity contribution in [3.05, 3.63) is 48.6 Å². The first-order valence-corrected chi connectivity index (χ1v) is 5.81. The summed E-state index contributed by atoms with van der Waals surface area (Å²) in [5.41, 5.74) is 1.15. The Kier molecular flexibility index (Phi) is 6.04. The number of rotatable bonds is 8. The molecule has 0 bridgehead atoms. The Labute approximate surface area is 102 Å². The number of benzene rings is 1. The van der Waals surface area contributed by atoms with Crippen LogP contribution in [0.5, 0.6) is 0 Å². The molecule has 0 heterocycles. The van der Waals surface area contributed by atoms with Crippen LogP contribution in [0.3, 0.4) is 0 Å². The van der Waals surface area contributed by atoms with Crippen LogP contribution in [0.25, 0.3) is 0 Å². The smallest absolute Gasteiger partial charge is 0.317 e. The molecule has 1 rings (SSSR count). The number of allylic oxidation sites excluding steroid dienone is 1. The van der Waals surface area contributed by atoms with Crippen LogP contribution >= 0.6 is 0 Å². The molecule has 0 aliphatic carbocycles. The van der Waals surface area contributed by atoms with Crippen LogP contribution in [0.4, 0.5) is 0 Å². The van der Waals surface area contributed by atoms with Crippen LogP contribution in [0.1, 0.15) is 18.4 Å². The summed E-state index contributed by atoms with van der Waals surface area (Å²) in [7, 11) is 0. The van der Waals surface area contributed by atoms with E-state index in [1.165, 1.54) is 0 Å². The molecule has 0 fully saturated rings. The van der Waals surface area contributed by atoms with E-state index in [0.29, 0.717) is 6.54 Å². The van der Waals surface area contributed by atoms with Gasteiger partial charge >= 0.3 is 5.97 Å². The molecule has 1 aromatic carbocycles. The lowest BCUT2D eigenvalue weighted by Crippen LogP contribution is -2.30. The molecule has 0 amide bonds. The van der Waals surface area contributed by atoms with Gasteiger partial charge in [0.05, 0.1) is 6.54 Å². The zero-order chi connectivity index (χ0) is 12.5. The highest BCUT2D eigenvalue weighted by molar-refractivity contribution is 5.69. The number of carbonyl (C=O) groups is 1. The molecule has 0 saturated carbocycles. The summed E-state index contributed by atoms with van der Waals surface area (Å²) < 4.78 is 0. The minimum absolute atomic E-state index is 0.0893. The highest BCUT2D eigenvalue weighted by atomic mass is 16.4. The predicted molar refractivity (Wildman–Crippen MR) is 68.8 cm³/mol. The van der Waals surface area contributed by atoms with Crippen LogP contribution in [0.2, 0.25) is 0 Å². The van der Waals surface area contributed by atoms with E-state index in [4.69, 9.17) is 5.11 Å². The van der Waals surface area contributed by atoms with Crippen molar-refractivity contribution in [3.63, 3.8) is 0 Å². The van der Waals surface area contributed by atoms with Gasteiger partial charge in [0.25, 0.3) is 0 Å². The second-order valence-electron chi connectivity index (χ2n) is 4.02. The van der Waals surface area contributed by atoms with Crippen LogP contribution in [0.15, 0.2) is 43.0 Å². The number of unbranched alkanes of at least 4 members (excludes halogenated alkanes) is 1. The Hall–Kier alpha value is -1.61. The van der Waals surface area contributed by atoms with E-state index >= 15 is 0 Å². The number of hydrogen-bond acceptors (Lipinski definition) is 2. The molecule has 0 spiro atoms. The molecule has 0 saturated heterocycles. The molecule has 0 unspecified atom stereocenters. The summed E-state index contributed by atoms with van der Waals surface area (Å²) in [6.45, 7) is 5.23. The molecule has 17 heavy (non-hydrogen) atoms. The summed E-state index contributed by atoms with van der Waals surface area (Å²) >= 11 is 0. The number of carboxylic acid groups (broad SMARTS) is 1. The second-order valence-corrected chi connectivity index (χ2v) is 4.02. The maximum absolute atomic E-state index is 10.8. The zero-order valence-electron chi connectivity index (χ0n) is 10.0. The normalized spacial score (nSPS) is 10.4. The SMILES string of the molecule is C=CCCCN(CC(=O)O)Cc1ccccc1. The summed E-state index contributed by atoms with van der Waals surface area (Å²) in [5.74, 6) is -0.778. The maximum Gasteiger partial charge on any atom is 0.317 e. The second kappa shape index (κ2) is 7.63. The molecule has 3 heteroatoms. The van der Waals surface area contributed by atoms with Crippen molar-refractivity contribution in [2.24, 2.45) is 0 Å². The number of hydrogen-bond donors (Lipinski definition) is 1. The van der Waals surface area contributed by atoms with Crippen LogP contribution < -0.4 is 0 Å². The summed E-state index contributed by atoms with van der Waals surface area (Å²) in [6.07, 6.45) is 3.73. The molecule has 1 aromatic rings. The van der Waals surface area contributed by atoms with E-state index < -0.39 is 5.97 Å². The quantitative estimate of drug-likeness (QED) is 0.554. The Morgan fingerprint density at radius 2 is 2.06 bits per heavy atom. The van der Waals surface area contributed by atoms with Gasteiger partial charge in [-0.2, -0.15) is 0 Å². The van der Waals surface area contributed by atoms with Crippen LogP contribution in [-0.2, 0) is 11.3 Å². The molecule has 0 radical (unpaired) electrons. The van der Waals surface area contributed by atoms with Gasteiger partial charge in [0.1, 0.15) is 0 Å². The van der Waals surface area contributed by atoms with Gasteiger partial charge < -0.3 is 5.11 Å². The van der Waals surface area contributed by atoms with E-state index in [0.717, 1.165) is 24.9 Å². The molecule has 0 atom stereocenters. The first kappa shape index (κ1) is 13.5. The average molecular weight is 233 g/mol. The number of carboxylic acids is 1. The molecular weight excluding hydrogens is 214 g/mol. The fraction of sp³-hybridized carbons (Fsp3) is 0.357. The van der Waals surface area contributed by atoms with E-state index in [1.807, 2.05) is 41.3 Å². The minimum atomic E-state index is -0.778. The third-order valence-corrected chi connectivity index (χ3v) is 2.49. The zero-order valence-corrected chi connectivity index (χ0v) is 10.0. The van der Waals surface area contributed by atoms with Crippen molar-refractivity contribution in [3.8, 4) is 0 Å². The Morgan fingerprint density at radius 3 is 2.65 bits per heavy atom. The Morgan fingerprint density at radius 1 is 1.35 bits per heavy atom. The van der Waals surface area contributed by atoms with E-state index in [-0.39, 0.29) is 6.54 Å². The van der Waals surface area contributed by atoms with Gasteiger partial charge in [-0.25, -0.2) is 0 Å². The van der Waals surface area contributed by atoms with Gasteiger partial charge in [0, 0.05) is 6.54 Å². The fourth-order valence-electron chi connectivity index (χ4n) is 1.71. The van der Waals surface area contributed by atoms with E-state index in [1.54, 1.807) is 0 Å². The molecule has 0 aromatic heterocycles. The molecule has 92 valence electrons. The van der Waals surface area contributed by atoms with Crippen molar-refractivity contribution >= 4 is 5.97 Å². The monoisotopic (exact) mass is 233 g/mol. The Balaban J connectivity index is 2.50. The van der Waals surface area contributed by atoms with E-state index in [2.05, 4.69) is 6.58 Å². The molecule has 1 N–H and O–H groups in total. The Bertz CT molecular complexity index is 348. The summed E-state index contributed by atoms with van der Waals surface area (Å²) in [5, 5.41) is 8.86.